The molecular formula is C16H21N5O4S2. The molecule has 0 saturated carbocycles. The molecule has 1 aromatic carbocycles. The Bertz CT molecular complexity index is 902. The number of hydrogen-bond donors (Lipinski definition) is 1. The summed E-state index contributed by atoms with van der Waals surface area (Å²) in [7, 11) is -2.46. The summed E-state index contributed by atoms with van der Waals surface area (Å²) in [6, 6.07) is 4.06. The van der Waals surface area contributed by atoms with Gasteiger partial charge in [0.15, 0.2) is 0 Å². The summed E-state index contributed by atoms with van der Waals surface area (Å²) in [4.78, 5) is 19.4. The molecular weight excluding hydrogens is 390 g/mol. The SMILES string of the molecule is CNS(=O)(=O)c1ccc(N2CCCN(Cc3cscn3)CC2)c([N+](=O)[O-])c1. The summed E-state index contributed by atoms with van der Waals surface area (Å²) in [5.41, 5.74) is 3.09. The topological polar surface area (TPSA) is 109 Å². The van der Waals surface area contributed by atoms with Crippen molar-refractivity contribution in [3.8, 4) is 0 Å². The number of rotatable bonds is 6. The van der Waals surface area contributed by atoms with E-state index in [2.05, 4.69) is 14.6 Å². The van der Waals surface area contributed by atoms with Crippen LogP contribution >= 0.6 is 11.3 Å². The molecule has 146 valence electrons. The van der Waals surface area contributed by atoms with E-state index in [4.69, 9.17) is 0 Å². The van der Waals surface area contributed by atoms with Crippen molar-refractivity contribution >= 4 is 32.7 Å². The number of hydrogen-bond acceptors (Lipinski definition) is 8. The van der Waals surface area contributed by atoms with Gasteiger partial charge in [0.05, 0.1) is 21.0 Å². The normalized spacial score (nSPS) is 16.3. The highest BCUT2D eigenvalue weighted by Gasteiger charge is 2.25. The summed E-state index contributed by atoms with van der Waals surface area (Å²) >= 11 is 1.56. The van der Waals surface area contributed by atoms with Gasteiger partial charge in [-0.1, -0.05) is 0 Å². The van der Waals surface area contributed by atoms with Crippen LogP contribution in [0.1, 0.15) is 12.1 Å². The first kappa shape index (κ1) is 19.7. The first-order valence-corrected chi connectivity index (χ1v) is 10.9. The largest absolute Gasteiger partial charge is 0.365 e. The Balaban J connectivity index is 1.80. The van der Waals surface area contributed by atoms with Gasteiger partial charge >= 0.3 is 0 Å². The lowest BCUT2D eigenvalue weighted by atomic mass is 10.2. The molecule has 0 unspecified atom stereocenters. The van der Waals surface area contributed by atoms with Crippen molar-refractivity contribution in [2.45, 2.75) is 17.9 Å². The Morgan fingerprint density at radius 1 is 1.30 bits per heavy atom. The third-order valence-corrected chi connectivity index (χ3v) is 6.57. The lowest BCUT2D eigenvalue weighted by Crippen LogP contribution is -2.31. The van der Waals surface area contributed by atoms with Crippen LogP contribution in [0.2, 0.25) is 0 Å². The van der Waals surface area contributed by atoms with E-state index in [1.54, 1.807) is 11.3 Å². The third-order valence-electron chi connectivity index (χ3n) is 4.52. The van der Waals surface area contributed by atoms with Crippen LogP contribution < -0.4 is 9.62 Å². The average molecular weight is 412 g/mol. The van der Waals surface area contributed by atoms with Gasteiger partial charge in [0.25, 0.3) is 5.69 Å². The number of sulfonamides is 1. The minimum atomic E-state index is -3.73. The fourth-order valence-corrected chi connectivity index (χ4v) is 4.42. The van der Waals surface area contributed by atoms with Crippen LogP contribution in [-0.4, -0.2) is 56.5 Å². The number of aromatic nitrogens is 1. The van der Waals surface area contributed by atoms with E-state index >= 15 is 0 Å². The van der Waals surface area contributed by atoms with Crippen LogP contribution in [0.25, 0.3) is 0 Å². The van der Waals surface area contributed by atoms with E-state index in [0.717, 1.165) is 37.8 Å². The van der Waals surface area contributed by atoms with Gasteiger partial charge in [-0.15, -0.1) is 11.3 Å². The summed E-state index contributed by atoms with van der Waals surface area (Å²) in [6.07, 6.45) is 0.859. The second kappa shape index (κ2) is 8.30. The maximum atomic E-state index is 12.0. The van der Waals surface area contributed by atoms with Crippen LogP contribution in [0, 0.1) is 10.1 Å². The zero-order chi connectivity index (χ0) is 19.4. The molecule has 1 fully saturated rings. The van der Waals surface area contributed by atoms with Crippen LogP contribution in [0.3, 0.4) is 0 Å². The van der Waals surface area contributed by atoms with E-state index in [1.807, 2.05) is 15.8 Å². The van der Waals surface area contributed by atoms with Gasteiger partial charge < -0.3 is 4.90 Å². The Labute approximate surface area is 161 Å². The molecule has 0 spiro atoms. The molecule has 27 heavy (non-hydrogen) atoms. The number of nitro groups is 1. The number of benzene rings is 1. The molecule has 0 bridgehead atoms. The zero-order valence-electron chi connectivity index (χ0n) is 14.9. The minimum Gasteiger partial charge on any atom is -0.365 e. The number of nitro benzene ring substituents is 1. The van der Waals surface area contributed by atoms with Crippen molar-refractivity contribution in [1.82, 2.24) is 14.6 Å². The third kappa shape index (κ3) is 4.61. The van der Waals surface area contributed by atoms with Crippen molar-refractivity contribution in [3.63, 3.8) is 0 Å². The van der Waals surface area contributed by atoms with Crippen molar-refractivity contribution < 1.29 is 13.3 Å². The highest BCUT2D eigenvalue weighted by molar-refractivity contribution is 7.89. The molecule has 0 radical (unpaired) electrons. The monoisotopic (exact) mass is 411 g/mol. The highest BCUT2D eigenvalue weighted by atomic mass is 32.2. The lowest BCUT2D eigenvalue weighted by molar-refractivity contribution is -0.384. The molecule has 9 nitrogen and oxygen atoms in total. The van der Waals surface area contributed by atoms with Gasteiger partial charge in [0.1, 0.15) is 5.69 Å². The van der Waals surface area contributed by atoms with Crippen LogP contribution in [0.15, 0.2) is 34.0 Å². The molecule has 0 aliphatic carbocycles. The van der Waals surface area contributed by atoms with Crippen LogP contribution in [-0.2, 0) is 16.6 Å². The maximum absolute atomic E-state index is 12.0. The van der Waals surface area contributed by atoms with Crippen molar-refractivity contribution in [2.75, 3.05) is 38.1 Å². The van der Waals surface area contributed by atoms with Gasteiger partial charge in [-0.3, -0.25) is 15.0 Å². The molecule has 0 atom stereocenters. The summed E-state index contributed by atoms with van der Waals surface area (Å²) in [5, 5.41) is 13.6. The molecule has 2 heterocycles. The fraction of sp³-hybridized carbons (Fsp3) is 0.438. The van der Waals surface area contributed by atoms with E-state index in [-0.39, 0.29) is 10.6 Å². The number of thiazole rings is 1. The minimum absolute atomic E-state index is 0.111. The van der Waals surface area contributed by atoms with Gasteiger partial charge in [0.2, 0.25) is 10.0 Å². The van der Waals surface area contributed by atoms with Gasteiger partial charge in [-0.2, -0.15) is 0 Å². The summed E-state index contributed by atoms with van der Waals surface area (Å²) < 4.78 is 26.1. The second-order valence-corrected chi connectivity index (χ2v) is 8.82. The quantitative estimate of drug-likeness (QED) is 0.569. The molecule has 1 saturated heterocycles. The maximum Gasteiger partial charge on any atom is 0.293 e. The lowest BCUT2D eigenvalue weighted by Gasteiger charge is -2.23. The van der Waals surface area contributed by atoms with E-state index in [1.165, 1.54) is 19.2 Å². The molecule has 3 rings (SSSR count). The summed E-state index contributed by atoms with van der Waals surface area (Å²) in [6.45, 7) is 3.70. The zero-order valence-corrected chi connectivity index (χ0v) is 16.5. The first-order valence-electron chi connectivity index (χ1n) is 8.47. The predicted octanol–water partition coefficient (Wildman–Crippen LogP) is 1.67. The van der Waals surface area contributed by atoms with Crippen molar-refractivity contribution in [2.24, 2.45) is 0 Å². The summed E-state index contributed by atoms with van der Waals surface area (Å²) in [5.74, 6) is 0. The Kier molecular flexibility index (Phi) is 6.05. The number of anilines is 1. The molecule has 0 amide bonds. The molecule has 2 aromatic rings. The number of nitrogens with one attached hydrogen (secondary N) is 1. The van der Waals surface area contributed by atoms with E-state index in [0.29, 0.717) is 18.8 Å². The Hall–Kier alpha value is -2.08. The standard InChI is InChI=1S/C16H21N5O4S2/c1-17-27(24,25)14-3-4-15(16(9-14)21(22)23)20-6-2-5-19(7-8-20)10-13-11-26-12-18-13/h3-4,9,11-12,17H,2,5-8,10H2,1H3. The average Bonchev–Trinajstić information content (AvgIpc) is 3.05. The molecule has 1 aromatic heterocycles. The molecule has 1 N–H and O–H groups in total. The Morgan fingerprint density at radius 2 is 2.11 bits per heavy atom. The first-order chi connectivity index (χ1) is 12.9. The Morgan fingerprint density at radius 3 is 2.78 bits per heavy atom. The smallest absolute Gasteiger partial charge is 0.293 e. The van der Waals surface area contributed by atoms with Gasteiger partial charge in [0, 0.05) is 44.2 Å². The van der Waals surface area contributed by atoms with Crippen molar-refractivity contribution in [1.29, 1.82) is 0 Å². The van der Waals surface area contributed by atoms with Crippen LogP contribution in [0.4, 0.5) is 11.4 Å². The second-order valence-electron chi connectivity index (χ2n) is 6.21. The van der Waals surface area contributed by atoms with Crippen LogP contribution in [0.5, 0.6) is 0 Å². The predicted molar refractivity (Wildman–Crippen MR) is 104 cm³/mol. The van der Waals surface area contributed by atoms with E-state index < -0.39 is 14.9 Å². The van der Waals surface area contributed by atoms with E-state index in [9.17, 15) is 18.5 Å². The fourth-order valence-electron chi connectivity index (χ4n) is 3.12. The van der Waals surface area contributed by atoms with Gasteiger partial charge in [-0.05, 0) is 25.6 Å². The molecule has 11 heteroatoms. The number of nitrogens with zero attached hydrogens (tertiary/aromatic N) is 4. The highest BCUT2D eigenvalue weighted by Crippen LogP contribution is 2.31. The van der Waals surface area contributed by atoms with Crippen molar-refractivity contribution in [3.05, 3.63) is 44.9 Å². The molecule has 1 aliphatic heterocycles. The van der Waals surface area contributed by atoms with Gasteiger partial charge in [-0.25, -0.2) is 18.1 Å². The molecule has 1 aliphatic rings.